The number of nitrogens with zero attached hydrogens (tertiary/aromatic N) is 1. The molecule has 0 aliphatic heterocycles. The molecular weight excluding hydrogens is 391 g/mol. The zero-order chi connectivity index (χ0) is 16.1. The minimum absolute atomic E-state index is 0.337. The number of carbonyl (C=O) groups excluding carboxylic acids is 1. The number of hydrogen-bond donors (Lipinski definition) is 1. The smallest absolute Gasteiger partial charge is 0.272 e. The number of carbonyl (C=O) groups is 1. The third kappa shape index (κ3) is 4.00. The van der Waals surface area contributed by atoms with E-state index in [1.54, 1.807) is 30.3 Å². The molecule has 0 aliphatic carbocycles. The quantitative estimate of drug-likeness (QED) is 0.604. The summed E-state index contributed by atoms with van der Waals surface area (Å²) < 4.78 is 5.88. The molecule has 0 bridgehead atoms. The van der Waals surface area contributed by atoms with E-state index in [-0.39, 0.29) is 5.91 Å². The number of rotatable bonds is 4. The molecule has 0 heterocycles. The van der Waals surface area contributed by atoms with Crippen LogP contribution in [0.4, 0.5) is 0 Å². The van der Waals surface area contributed by atoms with Crippen LogP contribution in [-0.4, -0.2) is 19.2 Å². The monoisotopic (exact) mass is 400 g/mol. The second kappa shape index (κ2) is 7.63. The van der Waals surface area contributed by atoms with Crippen molar-refractivity contribution in [1.29, 1.82) is 0 Å². The maximum atomic E-state index is 12.0. The minimum Gasteiger partial charge on any atom is -0.495 e. The van der Waals surface area contributed by atoms with E-state index in [1.807, 2.05) is 6.07 Å². The Morgan fingerprint density at radius 2 is 2.05 bits per heavy atom. The normalized spacial score (nSPS) is 10.7. The number of methoxy groups -OCH3 is 1. The van der Waals surface area contributed by atoms with Crippen LogP contribution in [0.5, 0.6) is 5.75 Å². The predicted octanol–water partition coefficient (Wildman–Crippen LogP) is 4.53. The van der Waals surface area contributed by atoms with E-state index < -0.39 is 0 Å². The van der Waals surface area contributed by atoms with E-state index in [9.17, 15) is 4.79 Å². The summed E-state index contributed by atoms with van der Waals surface area (Å²) in [6, 6.07) is 10.3. The zero-order valence-corrected chi connectivity index (χ0v) is 14.5. The van der Waals surface area contributed by atoms with Crippen molar-refractivity contribution in [3.63, 3.8) is 0 Å². The molecule has 1 N–H and O–H groups in total. The van der Waals surface area contributed by atoms with Crippen molar-refractivity contribution < 1.29 is 9.53 Å². The Labute approximate surface area is 146 Å². The van der Waals surface area contributed by atoms with Gasteiger partial charge in [-0.15, -0.1) is 0 Å². The first-order valence-corrected chi connectivity index (χ1v) is 7.68. The van der Waals surface area contributed by atoms with E-state index in [1.165, 1.54) is 13.3 Å². The Hall–Kier alpha value is -1.56. The van der Waals surface area contributed by atoms with Gasteiger partial charge in [0.25, 0.3) is 5.91 Å². The van der Waals surface area contributed by atoms with Crippen molar-refractivity contribution >= 4 is 51.3 Å². The van der Waals surface area contributed by atoms with Crippen molar-refractivity contribution in [3.05, 3.63) is 62.0 Å². The Kier molecular flexibility index (Phi) is 5.83. The molecule has 2 aromatic carbocycles. The standard InChI is InChI=1S/C15H11BrCl2N2O2/c1-22-14-9(6-10(17)7-13(14)18)8-19-20-15(21)11-4-2-3-5-12(11)16/h2-8H,1H3,(H,20,21)/b19-8+. The molecule has 0 aliphatic rings. The molecule has 0 fully saturated rings. The van der Waals surface area contributed by atoms with Gasteiger partial charge in [0.15, 0.2) is 0 Å². The summed E-state index contributed by atoms with van der Waals surface area (Å²) in [6.45, 7) is 0. The van der Waals surface area contributed by atoms with Crippen LogP contribution in [0.2, 0.25) is 10.0 Å². The van der Waals surface area contributed by atoms with Crippen LogP contribution in [0.25, 0.3) is 0 Å². The zero-order valence-electron chi connectivity index (χ0n) is 11.4. The van der Waals surface area contributed by atoms with Crippen LogP contribution in [0.3, 0.4) is 0 Å². The molecule has 0 saturated carbocycles. The Morgan fingerprint density at radius 1 is 1.32 bits per heavy atom. The fourth-order valence-corrected chi connectivity index (χ4v) is 2.81. The minimum atomic E-state index is -0.337. The highest BCUT2D eigenvalue weighted by Gasteiger charge is 2.10. The van der Waals surface area contributed by atoms with Crippen LogP contribution < -0.4 is 10.2 Å². The van der Waals surface area contributed by atoms with Crippen molar-refractivity contribution in [2.45, 2.75) is 0 Å². The average Bonchev–Trinajstić information content (AvgIpc) is 2.47. The lowest BCUT2D eigenvalue weighted by Crippen LogP contribution is -2.18. The van der Waals surface area contributed by atoms with Gasteiger partial charge in [-0.3, -0.25) is 4.79 Å². The molecule has 7 heteroatoms. The van der Waals surface area contributed by atoms with Crippen LogP contribution in [0, 0.1) is 0 Å². The molecule has 0 spiro atoms. The fourth-order valence-electron chi connectivity index (χ4n) is 1.76. The number of benzene rings is 2. The maximum Gasteiger partial charge on any atom is 0.272 e. The van der Waals surface area contributed by atoms with Gasteiger partial charge in [-0.2, -0.15) is 5.10 Å². The molecule has 114 valence electrons. The highest BCUT2D eigenvalue weighted by Crippen LogP contribution is 2.31. The Bertz CT molecular complexity index is 735. The molecule has 2 rings (SSSR count). The van der Waals surface area contributed by atoms with Gasteiger partial charge in [0.05, 0.1) is 23.9 Å². The molecule has 0 unspecified atom stereocenters. The summed E-state index contributed by atoms with van der Waals surface area (Å²) >= 11 is 15.3. The molecule has 0 aromatic heterocycles. The molecule has 0 saturated heterocycles. The number of hydrogen-bond acceptors (Lipinski definition) is 3. The molecule has 0 radical (unpaired) electrons. The summed E-state index contributed by atoms with van der Waals surface area (Å²) in [7, 11) is 1.49. The van der Waals surface area contributed by atoms with Crippen LogP contribution in [0.15, 0.2) is 46.0 Å². The van der Waals surface area contributed by atoms with E-state index in [0.29, 0.717) is 31.4 Å². The molecule has 1 amide bonds. The number of halogens is 3. The topological polar surface area (TPSA) is 50.7 Å². The SMILES string of the molecule is COc1c(Cl)cc(Cl)cc1/C=N/NC(=O)c1ccccc1Br. The van der Waals surface area contributed by atoms with Gasteiger partial charge in [0.1, 0.15) is 5.75 Å². The van der Waals surface area contributed by atoms with Gasteiger partial charge in [-0.1, -0.05) is 35.3 Å². The Morgan fingerprint density at radius 3 is 2.73 bits per heavy atom. The van der Waals surface area contributed by atoms with Crippen molar-refractivity contribution in [3.8, 4) is 5.75 Å². The average molecular weight is 402 g/mol. The van der Waals surface area contributed by atoms with E-state index >= 15 is 0 Å². The number of ether oxygens (including phenoxy) is 1. The van der Waals surface area contributed by atoms with Crippen molar-refractivity contribution in [1.82, 2.24) is 5.43 Å². The highest BCUT2D eigenvalue weighted by atomic mass is 79.9. The number of hydrazone groups is 1. The lowest BCUT2D eigenvalue weighted by molar-refractivity contribution is 0.0954. The molecule has 4 nitrogen and oxygen atoms in total. The molecule has 22 heavy (non-hydrogen) atoms. The number of amides is 1. The summed E-state index contributed by atoms with van der Waals surface area (Å²) in [4.78, 5) is 12.0. The van der Waals surface area contributed by atoms with Crippen molar-refractivity contribution in [2.75, 3.05) is 7.11 Å². The third-order valence-corrected chi connectivity index (χ3v) is 3.92. The van der Waals surface area contributed by atoms with E-state index in [2.05, 4.69) is 26.5 Å². The van der Waals surface area contributed by atoms with Gasteiger partial charge in [0, 0.05) is 15.1 Å². The van der Waals surface area contributed by atoms with E-state index in [4.69, 9.17) is 27.9 Å². The number of nitrogens with one attached hydrogen (secondary N) is 1. The van der Waals surface area contributed by atoms with Gasteiger partial charge in [0.2, 0.25) is 0 Å². The molecular formula is C15H11BrCl2N2O2. The molecule has 0 atom stereocenters. The second-order valence-corrected chi connectivity index (χ2v) is 5.89. The highest BCUT2D eigenvalue weighted by molar-refractivity contribution is 9.10. The predicted molar refractivity (Wildman–Crippen MR) is 92.2 cm³/mol. The van der Waals surface area contributed by atoms with Gasteiger partial charge in [-0.05, 0) is 40.2 Å². The summed E-state index contributed by atoms with van der Waals surface area (Å²) in [6.07, 6.45) is 1.42. The summed E-state index contributed by atoms with van der Waals surface area (Å²) in [5, 5.41) is 4.72. The largest absolute Gasteiger partial charge is 0.495 e. The first-order valence-electron chi connectivity index (χ1n) is 6.14. The second-order valence-electron chi connectivity index (χ2n) is 4.19. The third-order valence-electron chi connectivity index (χ3n) is 2.73. The first-order chi connectivity index (χ1) is 10.5. The fraction of sp³-hybridized carbons (Fsp3) is 0.0667. The Balaban J connectivity index is 2.17. The first kappa shape index (κ1) is 16.8. The maximum absolute atomic E-state index is 12.0. The van der Waals surface area contributed by atoms with Gasteiger partial charge in [-0.25, -0.2) is 5.43 Å². The van der Waals surface area contributed by atoms with Crippen LogP contribution in [-0.2, 0) is 0 Å². The van der Waals surface area contributed by atoms with Gasteiger partial charge < -0.3 is 4.74 Å². The summed E-state index contributed by atoms with van der Waals surface area (Å²) in [5.41, 5.74) is 3.48. The summed E-state index contributed by atoms with van der Waals surface area (Å²) in [5.74, 6) is 0.0979. The van der Waals surface area contributed by atoms with Crippen molar-refractivity contribution in [2.24, 2.45) is 5.10 Å². The van der Waals surface area contributed by atoms with Crippen LogP contribution in [0.1, 0.15) is 15.9 Å². The van der Waals surface area contributed by atoms with E-state index in [0.717, 1.165) is 0 Å². The lowest BCUT2D eigenvalue weighted by Gasteiger charge is -2.07. The molecule has 2 aromatic rings. The lowest BCUT2D eigenvalue weighted by atomic mass is 10.2. The van der Waals surface area contributed by atoms with Gasteiger partial charge >= 0.3 is 0 Å². The van der Waals surface area contributed by atoms with Crippen LogP contribution >= 0.6 is 39.1 Å².